The smallest absolute Gasteiger partial charge is 0.325 e. The molecule has 2 aliphatic rings. The van der Waals surface area contributed by atoms with E-state index in [2.05, 4.69) is 23.1 Å². The fourth-order valence-electron chi connectivity index (χ4n) is 4.28. The summed E-state index contributed by atoms with van der Waals surface area (Å²) in [5, 5.41) is 2.82. The Bertz CT molecular complexity index is 849. The van der Waals surface area contributed by atoms with Crippen LogP contribution in [0, 0.1) is 0 Å². The number of rotatable bonds is 11. The van der Waals surface area contributed by atoms with Crippen LogP contribution in [-0.2, 0) is 9.59 Å². The topological polar surface area (TPSA) is 117 Å². The molecule has 1 saturated heterocycles. The summed E-state index contributed by atoms with van der Waals surface area (Å²) < 4.78 is 5.66. The molecule has 1 spiro atoms. The number of carbonyl (C=O) groups excluding carboxylic acids is 4. The Labute approximate surface area is 194 Å². The van der Waals surface area contributed by atoms with Crippen LogP contribution in [0.15, 0.2) is 24.3 Å². The predicted molar refractivity (Wildman–Crippen MR) is 122 cm³/mol. The van der Waals surface area contributed by atoms with Crippen LogP contribution in [0.4, 0.5) is 4.79 Å². The van der Waals surface area contributed by atoms with Gasteiger partial charge >= 0.3 is 6.03 Å². The number of hydrazine groups is 1. The summed E-state index contributed by atoms with van der Waals surface area (Å²) in [6.45, 7) is 2.98. The van der Waals surface area contributed by atoms with Crippen molar-refractivity contribution in [2.24, 2.45) is 0 Å². The van der Waals surface area contributed by atoms with Gasteiger partial charge in [-0.3, -0.25) is 30.1 Å². The molecule has 1 aromatic carbocycles. The van der Waals surface area contributed by atoms with Crippen molar-refractivity contribution in [2.75, 3.05) is 13.2 Å². The summed E-state index contributed by atoms with van der Waals surface area (Å²) in [5.74, 6) is -0.313. The third-order valence-electron chi connectivity index (χ3n) is 6.19. The minimum atomic E-state index is -0.733. The number of hydrogen-bond donors (Lipinski definition) is 3. The molecule has 0 aromatic heterocycles. The summed E-state index contributed by atoms with van der Waals surface area (Å²) in [7, 11) is 0. The molecular formula is C24H34N4O5. The SMILES string of the molecule is CCCCCCOc1ccc(C(=O)NNC(=O)CCCN2C(=O)NC3(CCCC3)C2=O)cc1. The first-order valence-corrected chi connectivity index (χ1v) is 11.9. The second-order valence-corrected chi connectivity index (χ2v) is 8.72. The zero-order valence-electron chi connectivity index (χ0n) is 19.3. The number of hydrogen-bond acceptors (Lipinski definition) is 5. The maximum absolute atomic E-state index is 12.6. The Morgan fingerprint density at radius 1 is 1.03 bits per heavy atom. The lowest BCUT2D eigenvalue weighted by Gasteiger charge is -2.19. The highest BCUT2D eigenvalue weighted by Crippen LogP contribution is 2.35. The fraction of sp³-hybridized carbons (Fsp3) is 0.583. The van der Waals surface area contributed by atoms with Crippen LogP contribution in [-0.4, -0.2) is 47.3 Å². The molecule has 33 heavy (non-hydrogen) atoms. The summed E-state index contributed by atoms with van der Waals surface area (Å²) >= 11 is 0. The molecule has 9 heteroatoms. The molecule has 3 rings (SSSR count). The molecule has 2 fully saturated rings. The Balaban J connectivity index is 1.34. The Morgan fingerprint density at radius 2 is 1.76 bits per heavy atom. The Morgan fingerprint density at radius 3 is 2.45 bits per heavy atom. The van der Waals surface area contributed by atoms with Gasteiger partial charge in [0.15, 0.2) is 0 Å². The monoisotopic (exact) mass is 458 g/mol. The van der Waals surface area contributed by atoms with E-state index in [-0.39, 0.29) is 24.9 Å². The number of amides is 5. The van der Waals surface area contributed by atoms with Gasteiger partial charge in [-0.2, -0.15) is 0 Å². The van der Waals surface area contributed by atoms with E-state index in [9.17, 15) is 19.2 Å². The lowest BCUT2D eigenvalue weighted by Crippen LogP contribution is -2.44. The molecular weight excluding hydrogens is 424 g/mol. The maximum atomic E-state index is 12.6. The van der Waals surface area contributed by atoms with E-state index in [1.165, 1.54) is 17.7 Å². The molecule has 1 heterocycles. The summed E-state index contributed by atoms with van der Waals surface area (Å²) in [4.78, 5) is 50.2. The first kappa shape index (κ1) is 24.5. The zero-order valence-corrected chi connectivity index (χ0v) is 19.3. The van der Waals surface area contributed by atoms with E-state index < -0.39 is 17.4 Å². The normalized spacial score (nSPS) is 16.7. The Hall–Kier alpha value is -3.10. The molecule has 180 valence electrons. The van der Waals surface area contributed by atoms with Crippen molar-refractivity contribution in [1.82, 2.24) is 21.1 Å². The van der Waals surface area contributed by atoms with E-state index in [4.69, 9.17) is 4.74 Å². The van der Waals surface area contributed by atoms with Gasteiger partial charge in [-0.05, 0) is 49.9 Å². The van der Waals surface area contributed by atoms with E-state index in [1.807, 2.05) is 0 Å². The summed E-state index contributed by atoms with van der Waals surface area (Å²) in [6.07, 6.45) is 8.11. The molecule has 0 radical (unpaired) electrons. The number of urea groups is 1. The van der Waals surface area contributed by atoms with Crippen LogP contribution >= 0.6 is 0 Å². The van der Waals surface area contributed by atoms with Crippen molar-refractivity contribution < 1.29 is 23.9 Å². The van der Waals surface area contributed by atoms with E-state index in [0.29, 0.717) is 37.2 Å². The molecule has 0 bridgehead atoms. The van der Waals surface area contributed by atoms with Crippen molar-refractivity contribution >= 4 is 23.8 Å². The average molecular weight is 459 g/mol. The van der Waals surface area contributed by atoms with Gasteiger partial charge in [0.25, 0.3) is 11.8 Å². The van der Waals surface area contributed by atoms with Gasteiger partial charge in [0.2, 0.25) is 5.91 Å². The van der Waals surface area contributed by atoms with Gasteiger partial charge in [0.1, 0.15) is 11.3 Å². The quantitative estimate of drug-likeness (QED) is 0.268. The van der Waals surface area contributed by atoms with Gasteiger partial charge < -0.3 is 10.1 Å². The zero-order chi connectivity index (χ0) is 23.7. The highest BCUT2D eigenvalue weighted by Gasteiger charge is 2.52. The summed E-state index contributed by atoms with van der Waals surface area (Å²) in [5.41, 5.74) is 4.42. The minimum Gasteiger partial charge on any atom is -0.494 e. The van der Waals surface area contributed by atoms with Crippen LogP contribution in [0.3, 0.4) is 0 Å². The number of ether oxygens (including phenoxy) is 1. The largest absolute Gasteiger partial charge is 0.494 e. The summed E-state index contributed by atoms with van der Waals surface area (Å²) in [6, 6.07) is 6.35. The second-order valence-electron chi connectivity index (χ2n) is 8.72. The predicted octanol–water partition coefficient (Wildman–Crippen LogP) is 3.05. The molecule has 1 aliphatic heterocycles. The molecule has 1 saturated carbocycles. The van der Waals surface area contributed by atoms with Gasteiger partial charge in [0.05, 0.1) is 6.61 Å². The maximum Gasteiger partial charge on any atom is 0.325 e. The lowest BCUT2D eigenvalue weighted by atomic mass is 9.98. The lowest BCUT2D eigenvalue weighted by molar-refractivity contribution is -0.131. The first-order valence-electron chi connectivity index (χ1n) is 11.9. The molecule has 1 aliphatic carbocycles. The van der Waals surface area contributed by atoms with Crippen molar-refractivity contribution in [2.45, 2.75) is 76.7 Å². The highest BCUT2D eigenvalue weighted by molar-refractivity contribution is 6.07. The van der Waals surface area contributed by atoms with Crippen molar-refractivity contribution in [3.63, 3.8) is 0 Å². The number of nitrogens with zero attached hydrogens (tertiary/aromatic N) is 1. The first-order chi connectivity index (χ1) is 15.9. The number of benzene rings is 1. The minimum absolute atomic E-state index is 0.0785. The van der Waals surface area contributed by atoms with E-state index in [0.717, 1.165) is 25.7 Å². The van der Waals surface area contributed by atoms with Crippen LogP contribution in [0.1, 0.15) is 81.5 Å². The molecule has 5 amide bonds. The number of imide groups is 1. The molecule has 0 unspecified atom stereocenters. The van der Waals surface area contributed by atoms with Crippen LogP contribution in [0.2, 0.25) is 0 Å². The fourth-order valence-corrected chi connectivity index (χ4v) is 4.28. The van der Waals surface area contributed by atoms with Crippen LogP contribution in [0.5, 0.6) is 5.75 Å². The van der Waals surface area contributed by atoms with E-state index >= 15 is 0 Å². The van der Waals surface area contributed by atoms with Crippen molar-refractivity contribution in [3.8, 4) is 5.75 Å². The second kappa shape index (κ2) is 11.7. The highest BCUT2D eigenvalue weighted by atomic mass is 16.5. The Kier molecular flexibility index (Phi) is 8.68. The molecule has 1 aromatic rings. The standard InChI is InChI=1S/C24H34N4O5/c1-2-3-4-7-17-33-19-12-10-18(11-13-19)21(30)27-26-20(29)9-8-16-28-22(31)24(25-23(28)32)14-5-6-15-24/h10-13H,2-9,14-17H2,1H3,(H,25,32)(H,26,29)(H,27,30). The number of carbonyl (C=O) groups is 4. The molecule has 0 atom stereocenters. The van der Waals surface area contributed by atoms with Crippen LogP contribution in [0.25, 0.3) is 0 Å². The van der Waals surface area contributed by atoms with Gasteiger partial charge in [-0.1, -0.05) is 39.0 Å². The number of unbranched alkanes of at least 4 members (excludes halogenated alkanes) is 3. The third-order valence-corrected chi connectivity index (χ3v) is 6.19. The molecule has 9 nitrogen and oxygen atoms in total. The van der Waals surface area contributed by atoms with Gasteiger partial charge in [-0.25, -0.2) is 4.79 Å². The third kappa shape index (κ3) is 6.46. The van der Waals surface area contributed by atoms with Crippen LogP contribution < -0.4 is 20.9 Å². The van der Waals surface area contributed by atoms with E-state index in [1.54, 1.807) is 24.3 Å². The molecule has 3 N–H and O–H groups in total. The van der Waals surface area contributed by atoms with Crippen molar-refractivity contribution in [3.05, 3.63) is 29.8 Å². The van der Waals surface area contributed by atoms with Crippen molar-refractivity contribution in [1.29, 1.82) is 0 Å². The van der Waals surface area contributed by atoms with Gasteiger partial charge in [0, 0.05) is 18.5 Å². The number of nitrogens with one attached hydrogen (secondary N) is 3. The van der Waals surface area contributed by atoms with Gasteiger partial charge in [-0.15, -0.1) is 0 Å². The average Bonchev–Trinajstić information content (AvgIpc) is 3.37.